The highest BCUT2D eigenvalue weighted by Gasteiger charge is 2.35. The summed E-state index contributed by atoms with van der Waals surface area (Å²) in [4.78, 5) is 12.0. The topological polar surface area (TPSA) is 46.4 Å². The Morgan fingerprint density at radius 2 is 1.94 bits per heavy atom. The van der Waals surface area contributed by atoms with Crippen molar-refractivity contribution in [2.75, 3.05) is 18.0 Å². The van der Waals surface area contributed by atoms with E-state index in [1.54, 1.807) is 4.90 Å². The number of rotatable bonds is 2. The van der Waals surface area contributed by atoms with E-state index in [9.17, 15) is 18.9 Å². The molecule has 0 amide bonds. The van der Waals surface area contributed by atoms with Crippen LogP contribution in [0.4, 0.5) is 20.2 Å². The van der Waals surface area contributed by atoms with Gasteiger partial charge in [-0.3, -0.25) is 10.1 Å². The van der Waals surface area contributed by atoms with E-state index in [1.807, 2.05) is 0 Å². The number of hydrogen-bond acceptors (Lipinski definition) is 3. The zero-order chi connectivity index (χ0) is 13.3. The second kappa shape index (κ2) is 4.68. The van der Waals surface area contributed by atoms with Crippen LogP contribution >= 0.6 is 11.6 Å². The van der Waals surface area contributed by atoms with Gasteiger partial charge in [-0.1, -0.05) is 11.6 Å². The van der Waals surface area contributed by atoms with Crippen LogP contribution < -0.4 is 4.90 Å². The fourth-order valence-corrected chi connectivity index (χ4v) is 2.15. The number of anilines is 1. The molecule has 0 saturated carbocycles. The van der Waals surface area contributed by atoms with Gasteiger partial charge in [0.25, 0.3) is 11.6 Å². The molecule has 1 aromatic rings. The predicted octanol–water partition coefficient (Wildman–Crippen LogP) is 3.48. The fourth-order valence-electron chi connectivity index (χ4n) is 1.98. The van der Waals surface area contributed by atoms with Crippen molar-refractivity contribution in [3.8, 4) is 0 Å². The maximum absolute atomic E-state index is 13.0. The van der Waals surface area contributed by atoms with Crippen molar-refractivity contribution in [2.45, 2.75) is 18.8 Å². The van der Waals surface area contributed by atoms with Gasteiger partial charge in [0.05, 0.1) is 4.92 Å². The van der Waals surface area contributed by atoms with E-state index in [0.29, 0.717) is 5.69 Å². The van der Waals surface area contributed by atoms with Crippen LogP contribution in [0.15, 0.2) is 18.2 Å². The van der Waals surface area contributed by atoms with E-state index in [0.717, 1.165) is 0 Å². The van der Waals surface area contributed by atoms with Crippen molar-refractivity contribution in [1.82, 2.24) is 0 Å². The van der Waals surface area contributed by atoms with Crippen molar-refractivity contribution < 1.29 is 13.7 Å². The molecule has 1 heterocycles. The van der Waals surface area contributed by atoms with E-state index < -0.39 is 10.8 Å². The molecular weight excluding hydrogens is 266 g/mol. The third kappa shape index (κ3) is 2.69. The minimum absolute atomic E-state index is 0.107. The molecule has 7 heteroatoms. The van der Waals surface area contributed by atoms with Gasteiger partial charge in [-0.15, -0.1) is 0 Å². The highest BCUT2D eigenvalue weighted by Crippen LogP contribution is 2.35. The number of nitro groups is 1. The molecular formula is C11H11ClF2N2O2. The number of benzene rings is 1. The smallest absolute Gasteiger partial charge is 0.294 e. The van der Waals surface area contributed by atoms with Crippen molar-refractivity contribution in [3.05, 3.63) is 33.3 Å². The summed E-state index contributed by atoms with van der Waals surface area (Å²) in [6.07, 6.45) is -0.570. The van der Waals surface area contributed by atoms with Crippen LogP contribution in [0.3, 0.4) is 0 Å². The van der Waals surface area contributed by atoms with Gasteiger partial charge in [-0.05, 0) is 12.1 Å². The molecule has 0 bridgehead atoms. The molecule has 0 unspecified atom stereocenters. The first-order valence-electron chi connectivity index (χ1n) is 5.46. The normalized spacial score (nSPS) is 18.7. The number of piperidine rings is 1. The monoisotopic (exact) mass is 276 g/mol. The number of hydrogen-bond donors (Lipinski definition) is 0. The lowest BCUT2D eigenvalue weighted by Gasteiger charge is -2.33. The number of halogens is 3. The van der Waals surface area contributed by atoms with Crippen molar-refractivity contribution in [2.24, 2.45) is 0 Å². The van der Waals surface area contributed by atoms with Crippen LogP contribution in [0, 0.1) is 10.1 Å². The zero-order valence-corrected chi connectivity index (χ0v) is 10.2. The van der Waals surface area contributed by atoms with Gasteiger partial charge < -0.3 is 4.90 Å². The van der Waals surface area contributed by atoms with Gasteiger partial charge in [0, 0.05) is 37.0 Å². The minimum Gasteiger partial charge on any atom is -0.366 e. The lowest BCUT2D eigenvalue weighted by Crippen LogP contribution is -2.39. The Morgan fingerprint density at radius 1 is 1.33 bits per heavy atom. The van der Waals surface area contributed by atoms with Crippen molar-refractivity contribution in [1.29, 1.82) is 0 Å². The third-order valence-corrected chi connectivity index (χ3v) is 3.20. The number of nitrogens with zero attached hydrogens (tertiary/aromatic N) is 2. The van der Waals surface area contributed by atoms with E-state index >= 15 is 0 Å². The molecule has 98 valence electrons. The molecule has 0 atom stereocenters. The van der Waals surface area contributed by atoms with Crippen LogP contribution in [0.25, 0.3) is 0 Å². The first-order chi connectivity index (χ1) is 8.39. The highest BCUT2D eigenvalue weighted by molar-refractivity contribution is 6.30. The number of nitro benzene ring substituents is 1. The molecule has 1 saturated heterocycles. The summed E-state index contributed by atoms with van der Waals surface area (Å²) >= 11 is 5.70. The van der Waals surface area contributed by atoms with Crippen molar-refractivity contribution >= 4 is 23.0 Å². The Hall–Kier alpha value is -1.43. The van der Waals surface area contributed by atoms with Crippen LogP contribution in [0.2, 0.25) is 5.02 Å². The van der Waals surface area contributed by atoms with Crippen LogP contribution in [-0.4, -0.2) is 23.9 Å². The quantitative estimate of drug-likeness (QED) is 0.614. The van der Waals surface area contributed by atoms with Gasteiger partial charge in [0.15, 0.2) is 0 Å². The van der Waals surface area contributed by atoms with E-state index in [1.165, 1.54) is 18.2 Å². The minimum atomic E-state index is -2.67. The van der Waals surface area contributed by atoms with Gasteiger partial charge in [0.2, 0.25) is 0 Å². The molecule has 0 aromatic heterocycles. The standard InChI is InChI=1S/C11H11ClF2N2O2/c12-8-1-2-9(10(7-8)16(17)18)15-5-3-11(13,14)4-6-15/h1-2,7H,3-6H2. The highest BCUT2D eigenvalue weighted by atomic mass is 35.5. The predicted molar refractivity (Wildman–Crippen MR) is 64.5 cm³/mol. The summed E-state index contributed by atoms with van der Waals surface area (Å²) in [5, 5.41) is 11.2. The summed E-state index contributed by atoms with van der Waals surface area (Å²) in [5.74, 6) is -2.67. The molecule has 0 spiro atoms. The summed E-state index contributed by atoms with van der Waals surface area (Å²) in [5.41, 5.74) is 0.201. The van der Waals surface area contributed by atoms with E-state index in [-0.39, 0.29) is 36.6 Å². The summed E-state index contributed by atoms with van der Waals surface area (Å²) < 4.78 is 26.1. The first kappa shape index (κ1) is 13.0. The number of alkyl halides is 2. The maximum Gasteiger partial charge on any atom is 0.294 e. The molecule has 1 aliphatic heterocycles. The van der Waals surface area contributed by atoms with Crippen LogP contribution in [-0.2, 0) is 0 Å². The lowest BCUT2D eigenvalue weighted by atomic mass is 10.1. The van der Waals surface area contributed by atoms with Crippen LogP contribution in [0.1, 0.15) is 12.8 Å². The molecule has 0 aliphatic carbocycles. The second-order valence-corrected chi connectivity index (χ2v) is 4.67. The first-order valence-corrected chi connectivity index (χ1v) is 5.83. The van der Waals surface area contributed by atoms with Gasteiger partial charge >= 0.3 is 0 Å². The fraction of sp³-hybridized carbons (Fsp3) is 0.455. The molecule has 0 N–H and O–H groups in total. The summed E-state index contributed by atoms with van der Waals surface area (Å²) in [7, 11) is 0. The third-order valence-electron chi connectivity index (χ3n) is 2.97. The molecule has 0 radical (unpaired) electrons. The lowest BCUT2D eigenvalue weighted by molar-refractivity contribution is -0.384. The van der Waals surface area contributed by atoms with Gasteiger partial charge in [-0.25, -0.2) is 8.78 Å². The largest absolute Gasteiger partial charge is 0.366 e. The zero-order valence-electron chi connectivity index (χ0n) is 9.41. The van der Waals surface area contributed by atoms with Crippen LogP contribution in [0.5, 0.6) is 0 Å². The Kier molecular flexibility index (Phi) is 3.38. The molecule has 1 aliphatic rings. The second-order valence-electron chi connectivity index (χ2n) is 4.23. The Bertz CT molecular complexity index is 472. The molecule has 1 fully saturated rings. The average molecular weight is 277 g/mol. The Labute approximate surface area is 107 Å². The van der Waals surface area contributed by atoms with E-state index in [2.05, 4.69) is 0 Å². The Morgan fingerprint density at radius 3 is 2.50 bits per heavy atom. The average Bonchev–Trinajstić information content (AvgIpc) is 2.29. The van der Waals surface area contributed by atoms with Crippen molar-refractivity contribution in [3.63, 3.8) is 0 Å². The SMILES string of the molecule is O=[N+]([O-])c1cc(Cl)ccc1N1CCC(F)(F)CC1. The molecule has 18 heavy (non-hydrogen) atoms. The summed E-state index contributed by atoms with van der Waals surface area (Å²) in [6, 6.07) is 4.27. The molecule has 2 rings (SSSR count). The Balaban J connectivity index is 2.26. The van der Waals surface area contributed by atoms with Gasteiger partial charge in [-0.2, -0.15) is 0 Å². The van der Waals surface area contributed by atoms with Gasteiger partial charge in [0.1, 0.15) is 5.69 Å². The molecule has 1 aromatic carbocycles. The molecule has 4 nitrogen and oxygen atoms in total. The summed E-state index contributed by atoms with van der Waals surface area (Å²) in [6.45, 7) is 0.213. The van der Waals surface area contributed by atoms with E-state index in [4.69, 9.17) is 11.6 Å². The maximum atomic E-state index is 13.0.